The van der Waals surface area contributed by atoms with E-state index in [9.17, 15) is 26.6 Å². The number of pyridine rings is 1. The van der Waals surface area contributed by atoms with Gasteiger partial charge in [-0.1, -0.05) is 0 Å². The van der Waals surface area contributed by atoms with Crippen molar-refractivity contribution in [3.63, 3.8) is 0 Å². The number of aliphatic imine (C=N–C) groups is 1. The van der Waals surface area contributed by atoms with Crippen LogP contribution < -0.4 is 11.1 Å². The van der Waals surface area contributed by atoms with Gasteiger partial charge in [0.2, 0.25) is 11.9 Å². The Kier molecular flexibility index (Phi) is 5.59. The van der Waals surface area contributed by atoms with Crippen LogP contribution in [0.25, 0.3) is 0 Å². The summed E-state index contributed by atoms with van der Waals surface area (Å²) < 4.78 is 71.6. The lowest BCUT2D eigenvalue weighted by Crippen LogP contribution is -2.58. The van der Waals surface area contributed by atoms with E-state index in [0.29, 0.717) is 0 Å². The van der Waals surface area contributed by atoms with Gasteiger partial charge in [0.05, 0.1) is 27.2 Å². The molecular weight excluding hydrogens is 462 g/mol. The summed E-state index contributed by atoms with van der Waals surface area (Å²) in [5, 5.41) is 1.35. The molecule has 4 atom stereocenters. The summed E-state index contributed by atoms with van der Waals surface area (Å²) in [6.45, 7) is 0. The second-order valence-electron chi connectivity index (χ2n) is 8.13. The molecule has 7 nitrogen and oxygen atoms in total. The molecule has 1 saturated carbocycles. The topological polar surface area (TPSA) is 101 Å². The number of nitrogens with one attached hydrogen (secondary N) is 1. The number of nitrogens with two attached hydrogens (primary N) is 1. The maximum Gasteiger partial charge on any atom is 0.274 e. The van der Waals surface area contributed by atoms with E-state index in [0.717, 1.165) is 22.6 Å². The van der Waals surface area contributed by atoms with Gasteiger partial charge in [-0.3, -0.25) is 9.10 Å². The quantitative estimate of drug-likeness (QED) is 0.518. The number of rotatable bonds is 3. The molecule has 1 aromatic carbocycles. The van der Waals surface area contributed by atoms with Gasteiger partial charge in [0.15, 0.2) is 0 Å². The molecule has 1 aromatic heterocycles. The molecule has 0 radical (unpaired) electrons. The Labute approximate surface area is 187 Å². The molecule has 12 heteroatoms. The summed E-state index contributed by atoms with van der Waals surface area (Å²) in [7, 11) is -1.87. The van der Waals surface area contributed by atoms with Gasteiger partial charge in [-0.25, -0.2) is 31.7 Å². The lowest BCUT2D eigenvalue weighted by molar-refractivity contribution is -0.0441. The van der Waals surface area contributed by atoms with E-state index in [1.54, 1.807) is 0 Å². The van der Waals surface area contributed by atoms with Crippen molar-refractivity contribution in [2.75, 3.05) is 12.4 Å². The fourth-order valence-corrected chi connectivity index (χ4v) is 6.18. The van der Waals surface area contributed by atoms with Crippen LogP contribution in [0.1, 0.15) is 34.8 Å². The summed E-state index contributed by atoms with van der Waals surface area (Å²) in [4.78, 5) is 20.3. The zero-order valence-electron chi connectivity index (χ0n) is 17.5. The Balaban J connectivity index is 1.71. The largest absolute Gasteiger partial charge is 0.369 e. The normalized spacial score (nSPS) is 28.6. The van der Waals surface area contributed by atoms with Crippen LogP contribution >= 0.6 is 0 Å². The van der Waals surface area contributed by atoms with E-state index in [-0.39, 0.29) is 22.9 Å². The number of hydrogen-bond acceptors (Lipinski definition) is 5. The summed E-state index contributed by atoms with van der Waals surface area (Å²) in [5.41, 5.74) is 5.77. The third-order valence-corrected chi connectivity index (χ3v) is 8.47. The molecule has 2 aromatic rings. The highest BCUT2D eigenvalue weighted by molar-refractivity contribution is 7.99. The molecule has 0 spiro atoms. The van der Waals surface area contributed by atoms with Crippen LogP contribution in [0.15, 0.2) is 41.5 Å². The van der Waals surface area contributed by atoms with Crippen molar-refractivity contribution in [1.82, 2.24) is 9.29 Å². The number of alkyl halides is 2. The average Bonchev–Trinajstić information content (AvgIpc) is 2.74. The van der Waals surface area contributed by atoms with E-state index in [2.05, 4.69) is 21.2 Å². The number of halogens is 4. The van der Waals surface area contributed by atoms with Crippen LogP contribution in [-0.4, -0.2) is 55.5 Å². The minimum absolute atomic E-state index is 0.0870. The Bertz CT molecular complexity index is 1230. The minimum atomic E-state index is -3.24. The minimum Gasteiger partial charge on any atom is -0.369 e. The second kappa shape index (κ2) is 8.01. The SMILES string of the molecule is C=S1(=O)C2CC(F)(F)CC(c3cc(NC(=O)c4ccc(F)cn4)ccc3F)C2N=C(N)N1C. The highest BCUT2D eigenvalue weighted by atomic mass is 32.2. The Morgan fingerprint density at radius 1 is 1.27 bits per heavy atom. The number of benzene rings is 1. The van der Waals surface area contributed by atoms with Gasteiger partial charge in [0.1, 0.15) is 17.3 Å². The molecule has 2 aliphatic rings. The number of hydrogen-bond donors (Lipinski definition) is 2. The van der Waals surface area contributed by atoms with E-state index < -0.39 is 63.2 Å². The number of guanidine groups is 1. The standard InChI is InChI=1S/C21H21F4N5O2S/c1-30-20(26)29-18-14(8-21(24,25)9-17(18)33(30,2)32)13-7-12(4-5-15(13)23)28-19(31)16-6-3-11(22)10-27-16/h3-7,10,14,17-18H,2,8-9H2,1H3,(H2,26,29)(H,28,31). The van der Waals surface area contributed by atoms with Crippen LogP contribution in [0.3, 0.4) is 0 Å². The molecule has 1 aliphatic carbocycles. The van der Waals surface area contributed by atoms with Gasteiger partial charge in [0.25, 0.3) is 5.91 Å². The predicted molar refractivity (Wildman–Crippen MR) is 118 cm³/mol. The third kappa shape index (κ3) is 4.26. The van der Waals surface area contributed by atoms with E-state index in [1.807, 2.05) is 0 Å². The molecule has 0 saturated heterocycles. The summed E-state index contributed by atoms with van der Waals surface area (Å²) in [5.74, 6) is -2.98. The van der Waals surface area contributed by atoms with Crippen molar-refractivity contribution in [2.45, 2.75) is 36.0 Å². The molecular formula is C21H21F4N5O2S. The van der Waals surface area contributed by atoms with Gasteiger partial charge in [0, 0.05) is 31.5 Å². The summed E-state index contributed by atoms with van der Waals surface area (Å²) in [6.07, 6.45) is -0.585. The van der Waals surface area contributed by atoms with Gasteiger partial charge in [-0.15, -0.1) is 0 Å². The molecule has 0 bridgehead atoms. The van der Waals surface area contributed by atoms with Crippen molar-refractivity contribution < 1.29 is 26.6 Å². The van der Waals surface area contributed by atoms with Crippen LogP contribution in [0.5, 0.6) is 0 Å². The highest BCUT2D eigenvalue weighted by Gasteiger charge is 2.53. The molecule has 4 rings (SSSR count). The number of anilines is 1. The average molecular weight is 483 g/mol. The van der Waals surface area contributed by atoms with Crippen molar-refractivity contribution in [2.24, 2.45) is 10.7 Å². The van der Waals surface area contributed by atoms with Crippen molar-refractivity contribution in [3.05, 3.63) is 59.4 Å². The number of carbonyl (C=O) groups is 1. The molecule has 176 valence electrons. The van der Waals surface area contributed by atoms with Crippen LogP contribution in [0, 0.1) is 11.6 Å². The van der Waals surface area contributed by atoms with Gasteiger partial charge in [-0.2, -0.15) is 0 Å². The van der Waals surface area contributed by atoms with Gasteiger partial charge < -0.3 is 11.1 Å². The number of aromatic nitrogens is 1. The summed E-state index contributed by atoms with van der Waals surface area (Å²) >= 11 is 0. The first-order valence-electron chi connectivity index (χ1n) is 9.92. The second-order valence-corrected chi connectivity index (χ2v) is 10.7. The fraction of sp³-hybridized carbons (Fsp3) is 0.333. The zero-order valence-corrected chi connectivity index (χ0v) is 18.3. The molecule has 4 unspecified atom stereocenters. The van der Waals surface area contributed by atoms with E-state index in [4.69, 9.17) is 5.73 Å². The van der Waals surface area contributed by atoms with Crippen LogP contribution in [-0.2, 0) is 9.71 Å². The predicted octanol–water partition coefficient (Wildman–Crippen LogP) is 2.75. The van der Waals surface area contributed by atoms with Crippen molar-refractivity contribution in [1.29, 1.82) is 0 Å². The third-order valence-electron chi connectivity index (χ3n) is 5.97. The van der Waals surface area contributed by atoms with E-state index >= 15 is 0 Å². The van der Waals surface area contributed by atoms with Gasteiger partial charge in [-0.05, 0) is 41.8 Å². The molecule has 1 fully saturated rings. The first kappa shape index (κ1) is 23.0. The van der Waals surface area contributed by atoms with Crippen molar-refractivity contribution in [3.8, 4) is 0 Å². The smallest absolute Gasteiger partial charge is 0.274 e. The summed E-state index contributed by atoms with van der Waals surface area (Å²) in [6, 6.07) is 4.77. The maximum absolute atomic E-state index is 14.8. The van der Waals surface area contributed by atoms with E-state index in [1.165, 1.54) is 25.2 Å². The molecule has 3 N–H and O–H groups in total. The maximum atomic E-state index is 14.8. The number of amides is 1. The number of fused-ring (bicyclic) bond motifs is 1. The molecule has 1 aliphatic heterocycles. The first-order valence-corrected chi connectivity index (χ1v) is 11.7. The molecule has 1 amide bonds. The lowest BCUT2D eigenvalue weighted by Gasteiger charge is -2.46. The Morgan fingerprint density at radius 3 is 2.67 bits per heavy atom. The van der Waals surface area contributed by atoms with Gasteiger partial charge >= 0.3 is 0 Å². The zero-order chi connectivity index (χ0) is 24.1. The number of nitrogens with zero attached hydrogens (tertiary/aromatic N) is 3. The monoisotopic (exact) mass is 483 g/mol. The van der Waals surface area contributed by atoms with Crippen LogP contribution in [0.4, 0.5) is 23.2 Å². The van der Waals surface area contributed by atoms with Crippen LogP contribution in [0.2, 0.25) is 0 Å². The Hall–Kier alpha value is -3.15. The van der Waals surface area contributed by atoms with Crippen molar-refractivity contribution >= 4 is 33.1 Å². The fourth-order valence-electron chi connectivity index (χ4n) is 4.22. The highest BCUT2D eigenvalue weighted by Crippen LogP contribution is 2.48. The Morgan fingerprint density at radius 2 is 2.00 bits per heavy atom. The number of carbonyl (C=O) groups excluding carboxylic acids is 1. The lowest BCUT2D eigenvalue weighted by atomic mass is 9.77. The molecule has 2 heterocycles. The molecule has 33 heavy (non-hydrogen) atoms. The first-order chi connectivity index (χ1) is 15.4.